The Morgan fingerprint density at radius 2 is 1.72 bits per heavy atom. The number of rotatable bonds is 8. The van der Waals surface area contributed by atoms with Gasteiger partial charge >= 0.3 is 24.1 Å². The van der Waals surface area contributed by atoms with Crippen LogP contribution in [0.4, 0.5) is 4.79 Å². The van der Waals surface area contributed by atoms with Crippen molar-refractivity contribution < 1.29 is 57.4 Å². The Labute approximate surface area is 274 Å². The second-order valence-corrected chi connectivity index (χ2v) is 14.6. The largest absolute Gasteiger partial charge is 0.509 e. The number of hydrogen-bond donors (Lipinski definition) is 1. The summed E-state index contributed by atoms with van der Waals surface area (Å²) < 4.78 is 38.9. The number of likely N-dealkylation sites (N-methyl/N-ethyl adjacent to an activating group) is 1. The molecule has 1 spiro atoms. The molecule has 2 aliphatic heterocycles. The highest BCUT2D eigenvalue weighted by molar-refractivity contribution is 5.86. The molecule has 0 unspecified atom stereocenters. The Morgan fingerprint density at radius 3 is 2.36 bits per heavy atom. The zero-order valence-electron chi connectivity index (χ0n) is 28.5. The van der Waals surface area contributed by atoms with E-state index in [1.807, 2.05) is 19.2 Å². The molecule has 1 saturated heterocycles. The lowest BCUT2D eigenvalue weighted by Gasteiger charge is -2.61. The van der Waals surface area contributed by atoms with Crippen molar-refractivity contribution in [2.24, 2.45) is 0 Å². The molecule has 0 radical (unpaired) electrons. The molecule has 2 heterocycles. The van der Waals surface area contributed by atoms with Gasteiger partial charge in [-0.3, -0.25) is 4.79 Å². The number of methoxy groups -OCH3 is 1. The van der Waals surface area contributed by atoms with Crippen LogP contribution in [0.5, 0.6) is 11.5 Å². The van der Waals surface area contributed by atoms with Crippen LogP contribution >= 0.6 is 0 Å². The second-order valence-electron chi connectivity index (χ2n) is 14.6. The fourth-order valence-corrected chi connectivity index (χ4v) is 7.16. The van der Waals surface area contributed by atoms with Gasteiger partial charge in [-0.1, -0.05) is 6.07 Å². The molecule has 5 rings (SSSR count). The van der Waals surface area contributed by atoms with Gasteiger partial charge < -0.3 is 43.2 Å². The summed E-state index contributed by atoms with van der Waals surface area (Å²) >= 11 is 0. The summed E-state index contributed by atoms with van der Waals surface area (Å²) in [6.07, 6.45) is -3.03. The van der Waals surface area contributed by atoms with Crippen LogP contribution in [0, 0.1) is 0 Å². The normalized spacial score (nSPS) is 27.2. The Hall–Kier alpha value is -3.84. The average molecular weight is 660 g/mol. The summed E-state index contributed by atoms with van der Waals surface area (Å²) in [6.45, 7) is 11.8. The van der Waals surface area contributed by atoms with Crippen molar-refractivity contribution in [2.45, 2.75) is 121 Å². The maximum Gasteiger partial charge on any atom is 0.509 e. The predicted octanol–water partition coefficient (Wildman–Crippen LogP) is 3.50. The van der Waals surface area contributed by atoms with Crippen LogP contribution in [0.15, 0.2) is 24.0 Å². The van der Waals surface area contributed by atoms with Gasteiger partial charge in [0, 0.05) is 18.0 Å². The van der Waals surface area contributed by atoms with E-state index in [0.717, 1.165) is 11.1 Å². The average Bonchev–Trinajstić information content (AvgIpc) is 3.30. The molecule has 1 N–H and O–H groups in total. The van der Waals surface area contributed by atoms with Gasteiger partial charge in [0.05, 0.1) is 24.5 Å². The van der Waals surface area contributed by atoms with Gasteiger partial charge in [0.25, 0.3) is 0 Å². The topological polar surface area (TPSA) is 156 Å². The molecule has 0 saturated carbocycles. The Bertz CT molecular complexity index is 1490. The minimum Gasteiger partial charge on any atom is -0.493 e. The SMILES string of the molecule is COc1ccc2c3c1O[C@H]1C(OC(=O)C[C@H](OC(=O)OC(C)(C)C)C(=O)O[C@@H](C)C(=O)OC(C)(C)C)=CC[C@@]4(O)[C@@H](C2)N(C)CC[C@]314. The summed E-state index contributed by atoms with van der Waals surface area (Å²) in [6, 6.07) is 3.62. The maximum absolute atomic E-state index is 13.5. The number of hydrogen-bond acceptors (Lipinski definition) is 13. The number of piperidine rings is 1. The highest BCUT2D eigenvalue weighted by Crippen LogP contribution is 2.65. The van der Waals surface area contributed by atoms with Gasteiger partial charge in [-0.15, -0.1) is 0 Å². The molecule has 13 nitrogen and oxygen atoms in total. The summed E-state index contributed by atoms with van der Waals surface area (Å²) in [7, 11) is 3.53. The molecular weight excluding hydrogens is 614 g/mol. The molecule has 4 aliphatic rings. The molecule has 0 aromatic heterocycles. The summed E-state index contributed by atoms with van der Waals surface area (Å²) in [5.74, 6) is -1.74. The highest BCUT2D eigenvalue weighted by atomic mass is 16.7. The van der Waals surface area contributed by atoms with Crippen molar-refractivity contribution >= 4 is 24.1 Å². The molecule has 47 heavy (non-hydrogen) atoms. The van der Waals surface area contributed by atoms with E-state index < -0.39 is 71.0 Å². The monoisotopic (exact) mass is 659 g/mol. The smallest absolute Gasteiger partial charge is 0.493 e. The summed E-state index contributed by atoms with van der Waals surface area (Å²) in [4.78, 5) is 53.9. The van der Waals surface area contributed by atoms with E-state index >= 15 is 0 Å². The fourth-order valence-electron chi connectivity index (χ4n) is 7.16. The molecule has 258 valence electrons. The predicted molar refractivity (Wildman–Crippen MR) is 165 cm³/mol. The molecule has 1 aromatic carbocycles. The Morgan fingerprint density at radius 1 is 1.04 bits per heavy atom. The Balaban J connectivity index is 1.39. The molecule has 1 fully saturated rings. The molecule has 2 aliphatic carbocycles. The molecule has 13 heteroatoms. The zero-order chi connectivity index (χ0) is 34.7. The van der Waals surface area contributed by atoms with E-state index in [1.54, 1.807) is 47.6 Å². The lowest BCUT2D eigenvalue weighted by molar-refractivity contribution is -0.180. The third-order valence-corrected chi connectivity index (χ3v) is 9.06. The first-order valence-electron chi connectivity index (χ1n) is 15.8. The van der Waals surface area contributed by atoms with E-state index in [4.69, 9.17) is 33.2 Å². The van der Waals surface area contributed by atoms with E-state index in [-0.39, 0.29) is 18.2 Å². The lowest BCUT2D eigenvalue weighted by atomic mass is 9.50. The third-order valence-electron chi connectivity index (χ3n) is 9.06. The molecule has 1 aromatic rings. The van der Waals surface area contributed by atoms with Crippen molar-refractivity contribution in [1.29, 1.82) is 0 Å². The van der Waals surface area contributed by atoms with Crippen LogP contribution in [0.3, 0.4) is 0 Å². The number of benzene rings is 1. The molecular formula is C34H45NO12. The van der Waals surface area contributed by atoms with Crippen molar-refractivity contribution in [3.8, 4) is 11.5 Å². The minimum atomic E-state index is -1.81. The number of carbonyl (C=O) groups is 4. The van der Waals surface area contributed by atoms with Crippen molar-refractivity contribution in [2.75, 3.05) is 20.7 Å². The van der Waals surface area contributed by atoms with Gasteiger partial charge in [0.1, 0.15) is 17.0 Å². The number of nitrogens with zero attached hydrogens (tertiary/aromatic N) is 1. The van der Waals surface area contributed by atoms with Crippen LogP contribution in [0.25, 0.3) is 0 Å². The zero-order valence-corrected chi connectivity index (χ0v) is 28.5. The lowest BCUT2D eigenvalue weighted by Crippen LogP contribution is -2.74. The van der Waals surface area contributed by atoms with Crippen LogP contribution in [-0.2, 0) is 49.9 Å². The summed E-state index contributed by atoms with van der Waals surface area (Å²) in [5.41, 5.74) is -2.04. The van der Waals surface area contributed by atoms with Gasteiger partial charge in [0.15, 0.2) is 23.7 Å². The van der Waals surface area contributed by atoms with Crippen LogP contribution in [0.2, 0.25) is 0 Å². The first-order chi connectivity index (χ1) is 21.8. The third kappa shape index (κ3) is 6.27. The highest BCUT2D eigenvalue weighted by Gasteiger charge is 2.72. The maximum atomic E-state index is 13.5. The first-order valence-corrected chi connectivity index (χ1v) is 15.8. The number of likely N-dealkylation sites (tertiary alicyclic amines) is 1. The number of esters is 3. The minimum absolute atomic E-state index is 0.167. The van der Waals surface area contributed by atoms with Crippen LogP contribution in [-0.4, -0.2) is 95.9 Å². The number of ether oxygens (including phenoxy) is 7. The number of aliphatic hydroxyl groups is 1. The van der Waals surface area contributed by atoms with E-state index in [1.165, 1.54) is 14.0 Å². The quantitative estimate of drug-likeness (QED) is 0.320. The molecule has 2 bridgehead atoms. The van der Waals surface area contributed by atoms with Crippen LogP contribution in [0.1, 0.15) is 78.9 Å². The Kier molecular flexibility index (Phi) is 8.80. The van der Waals surface area contributed by atoms with E-state index in [9.17, 15) is 24.3 Å². The van der Waals surface area contributed by atoms with Crippen molar-refractivity contribution in [3.63, 3.8) is 0 Å². The molecule has 6 atom stereocenters. The van der Waals surface area contributed by atoms with Gasteiger partial charge in [-0.25, -0.2) is 14.4 Å². The second kappa shape index (κ2) is 12.0. The summed E-state index contributed by atoms with van der Waals surface area (Å²) in [5, 5.41) is 12.4. The van der Waals surface area contributed by atoms with Gasteiger partial charge in [-0.2, -0.15) is 0 Å². The van der Waals surface area contributed by atoms with Crippen molar-refractivity contribution in [1.82, 2.24) is 4.90 Å². The van der Waals surface area contributed by atoms with E-state index in [0.29, 0.717) is 30.9 Å². The van der Waals surface area contributed by atoms with Gasteiger partial charge in [-0.05, 0) is 92.6 Å². The van der Waals surface area contributed by atoms with Gasteiger partial charge in [0.2, 0.25) is 6.10 Å². The number of carbonyl (C=O) groups excluding carboxylic acids is 4. The van der Waals surface area contributed by atoms with Crippen LogP contribution < -0.4 is 9.47 Å². The standard InChI is InChI=1S/C34H45NO12/c1-18(28(37)46-31(2,3)4)42-29(38)22(44-30(39)47-32(5,6)7)17-24(36)43-21-12-13-34(40)23-16-19-10-11-20(41-9)26-25(19)33(34,27(21)45-26)14-15-35(23)8/h10-12,18,22-23,27,40H,13-17H2,1-9H3/t18-,22-,23+,27-,33-,34+/m0/s1. The van der Waals surface area contributed by atoms with Crippen molar-refractivity contribution in [3.05, 3.63) is 35.1 Å². The fraction of sp³-hybridized carbons (Fsp3) is 0.647. The molecule has 0 amide bonds. The first kappa shape index (κ1) is 34.5. The van der Waals surface area contributed by atoms with E-state index in [2.05, 4.69) is 4.90 Å².